The van der Waals surface area contributed by atoms with Gasteiger partial charge in [0.2, 0.25) is 0 Å². The lowest BCUT2D eigenvalue weighted by molar-refractivity contribution is 0.409. The number of nitrogens with zero attached hydrogens (tertiary/aromatic N) is 1. The van der Waals surface area contributed by atoms with Crippen molar-refractivity contribution < 1.29 is 9.13 Å². The molecule has 35 heavy (non-hydrogen) atoms. The molecule has 5 rings (SSSR count). The zero-order valence-electron chi connectivity index (χ0n) is 18.9. The van der Waals surface area contributed by atoms with Gasteiger partial charge in [-0.2, -0.15) is 0 Å². The summed E-state index contributed by atoms with van der Waals surface area (Å²) in [5.41, 5.74) is 2.95. The average Bonchev–Trinajstić information content (AvgIpc) is 2.88. The lowest BCUT2D eigenvalue weighted by Crippen LogP contribution is -2.19. The van der Waals surface area contributed by atoms with Gasteiger partial charge in [0.15, 0.2) is 5.82 Å². The van der Waals surface area contributed by atoms with Crippen LogP contribution < -0.4 is 10.3 Å². The predicted molar refractivity (Wildman–Crippen MR) is 143 cm³/mol. The fourth-order valence-corrected chi connectivity index (χ4v) is 5.16. The van der Waals surface area contributed by atoms with Crippen molar-refractivity contribution in [3.63, 3.8) is 0 Å². The molecule has 0 atom stereocenters. The van der Waals surface area contributed by atoms with Gasteiger partial charge in [0, 0.05) is 21.7 Å². The van der Waals surface area contributed by atoms with Gasteiger partial charge in [0.05, 0.1) is 12.6 Å². The SMILES string of the molecule is COc1cc(-c2cccc(Cl)c2)cc(F)c1-n1c(=O)ccc2cc(SCc3ccccc3)ccc21. The Morgan fingerprint density at radius 2 is 1.71 bits per heavy atom. The summed E-state index contributed by atoms with van der Waals surface area (Å²) >= 11 is 7.83. The number of hydrogen-bond donors (Lipinski definition) is 0. The zero-order chi connectivity index (χ0) is 24.4. The van der Waals surface area contributed by atoms with Crippen LogP contribution >= 0.6 is 23.4 Å². The average molecular weight is 502 g/mol. The molecule has 1 heterocycles. The van der Waals surface area contributed by atoms with Gasteiger partial charge in [0.25, 0.3) is 5.56 Å². The van der Waals surface area contributed by atoms with Crippen molar-refractivity contribution in [3.8, 4) is 22.6 Å². The van der Waals surface area contributed by atoms with Crippen molar-refractivity contribution >= 4 is 34.3 Å². The first-order valence-electron chi connectivity index (χ1n) is 11.0. The number of ether oxygens (including phenoxy) is 1. The molecule has 0 aliphatic rings. The van der Waals surface area contributed by atoms with Crippen LogP contribution in [0.15, 0.2) is 107 Å². The van der Waals surface area contributed by atoms with E-state index in [2.05, 4.69) is 12.1 Å². The van der Waals surface area contributed by atoms with Crippen molar-refractivity contribution in [2.45, 2.75) is 10.6 Å². The van der Waals surface area contributed by atoms with Crippen LogP contribution in [-0.4, -0.2) is 11.7 Å². The summed E-state index contributed by atoms with van der Waals surface area (Å²) in [5, 5.41) is 1.39. The molecule has 0 saturated carbocycles. The van der Waals surface area contributed by atoms with E-state index in [1.165, 1.54) is 29.4 Å². The molecule has 0 radical (unpaired) electrons. The summed E-state index contributed by atoms with van der Waals surface area (Å²) in [6, 6.07) is 29.6. The molecule has 0 spiro atoms. The Morgan fingerprint density at radius 1 is 0.886 bits per heavy atom. The Balaban J connectivity index is 1.58. The van der Waals surface area contributed by atoms with Gasteiger partial charge in [0.1, 0.15) is 11.4 Å². The lowest BCUT2D eigenvalue weighted by atomic mass is 10.0. The van der Waals surface area contributed by atoms with E-state index >= 15 is 4.39 Å². The number of aromatic nitrogens is 1. The highest BCUT2D eigenvalue weighted by molar-refractivity contribution is 7.98. The van der Waals surface area contributed by atoms with Crippen molar-refractivity contribution in [1.82, 2.24) is 4.57 Å². The summed E-state index contributed by atoms with van der Waals surface area (Å²) in [6.07, 6.45) is 0. The van der Waals surface area contributed by atoms with E-state index < -0.39 is 5.82 Å². The summed E-state index contributed by atoms with van der Waals surface area (Å²) < 4.78 is 22.5. The number of hydrogen-bond acceptors (Lipinski definition) is 3. The second-order valence-electron chi connectivity index (χ2n) is 8.02. The highest BCUT2D eigenvalue weighted by Crippen LogP contribution is 2.35. The number of pyridine rings is 1. The second-order valence-corrected chi connectivity index (χ2v) is 9.51. The normalized spacial score (nSPS) is 11.1. The van der Waals surface area contributed by atoms with Gasteiger partial charge >= 0.3 is 0 Å². The molecule has 0 aliphatic carbocycles. The van der Waals surface area contributed by atoms with E-state index in [1.807, 2.05) is 42.5 Å². The Kier molecular flexibility index (Phi) is 6.62. The minimum atomic E-state index is -0.559. The van der Waals surface area contributed by atoms with Gasteiger partial charge in [-0.1, -0.05) is 54.1 Å². The number of thioether (sulfide) groups is 1. The molecule has 0 bridgehead atoms. The van der Waals surface area contributed by atoms with E-state index in [1.54, 1.807) is 42.1 Å². The first-order valence-corrected chi connectivity index (χ1v) is 12.4. The van der Waals surface area contributed by atoms with Crippen LogP contribution in [0.4, 0.5) is 4.39 Å². The van der Waals surface area contributed by atoms with Gasteiger partial charge in [-0.05, 0) is 70.6 Å². The quantitative estimate of drug-likeness (QED) is 0.223. The van der Waals surface area contributed by atoms with E-state index in [9.17, 15) is 4.79 Å². The summed E-state index contributed by atoms with van der Waals surface area (Å²) in [5.74, 6) is 0.535. The van der Waals surface area contributed by atoms with E-state index in [0.717, 1.165) is 21.6 Å². The van der Waals surface area contributed by atoms with Crippen LogP contribution in [-0.2, 0) is 5.75 Å². The van der Waals surface area contributed by atoms with Crippen molar-refractivity contribution in [2.75, 3.05) is 7.11 Å². The second kappa shape index (κ2) is 9.98. The third kappa shape index (κ3) is 4.83. The van der Waals surface area contributed by atoms with Crippen molar-refractivity contribution in [1.29, 1.82) is 0 Å². The van der Waals surface area contributed by atoms with Crippen LogP contribution in [0, 0.1) is 5.82 Å². The topological polar surface area (TPSA) is 31.2 Å². The molecule has 0 aliphatic heterocycles. The van der Waals surface area contributed by atoms with Crippen LogP contribution in [0.1, 0.15) is 5.56 Å². The molecule has 0 fully saturated rings. The van der Waals surface area contributed by atoms with Crippen LogP contribution in [0.3, 0.4) is 0 Å². The third-order valence-corrected chi connectivity index (χ3v) is 7.04. The van der Waals surface area contributed by atoms with E-state index in [-0.39, 0.29) is 17.0 Å². The number of benzene rings is 4. The molecule has 4 aromatic carbocycles. The smallest absolute Gasteiger partial charge is 0.255 e. The van der Waals surface area contributed by atoms with Gasteiger partial charge < -0.3 is 4.74 Å². The van der Waals surface area contributed by atoms with Crippen LogP contribution in [0.2, 0.25) is 5.02 Å². The Bertz CT molecular complexity index is 1580. The fraction of sp³-hybridized carbons (Fsp3) is 0.0690. The molecule has 6 heteroatoms. The maximum Gasteiger partial charge on any atom is 0.255 e. The standard InChI is InChI=1S/C29H21ClFNO2S/c1-34-27-17-22(20-8-5-9-23(30)14-20)16-25(31)29(27)32-26-12-11-24(15-21(26)10-13-28(32)33)35-18-19-6-3-2-4-7-19/h2-17H,18H2,1H3. The first-order chi connectivity index (χ1) is 17.0. The van der Waals surface area contributed by atoms with Gasteiger partial charge in [-0.3, -0.25) is 9.36 Å². The first kappa shape index (κ1) is 23.2. The fourth-order valence-electron chi connectivity index (χ4n) is 4.07. The molecule has 0 saturated heterocycles. The predicted octanol–water partition coefficient (Wildman–Crippen LogP) is 7.75. The molecule has 1 aromatic heterocycles. The largest absolute Gasteiger partial charge is 0.494 e. The van der Waals surface area contributed by atoms with Crippen LogP contribution in [0.5, 0.6) is 5.75 Å². The molecule has 0 N–H and O–H groups in total. The number of methoxy groups -OCH3 is 1. The minimum absolute atomic E-state index is 0.0820. The maximum absolute atomic E-state index is 15.6. The Morgan fingerprint density at radius 3 is 2.49 bits per heavy atom. The molecule has 0 unspecified atom stereocenters. The van der Waals surface area contributed by atoms with E-state index in [4.69, 9.17) is 16.3 Å². The minimum Gasteiger partial charge on any atom is -0.494 e. The molecule has 5 aromatic rings. The van der Waals surface area contributed by atoms with Crippen molar-refractivity contribution in [2.24, 2.45) is 0 Å². The number of rotatable bonds is 6. The highest BCUT2D eigenvalue weighted by atomic mass is 35.5. The van der Waals surface area contributed by atoms with E-state index in [0.29, 0.717) is 16.1 Å². The number of fused-ring (bicyclic) bond motifs is 1. The molecular formula is C29H21ClFNO2S. The summed E-state index contributed by atoms with van der Waals surface area (Å²) in [6.45, 7) is 0. The Hall–Kier alpha value is -3.54. The monoisotopic (exact) mass is 501 g/mol. The third-order valence-electron chi connectivity index (χ3n) is 5.74. The van der Waals surface area contributed by atoms with Gasteiger partial charge in [-0.15, -0.1) is 11.8 Å². The molecule has 3 nitrogen and oxygen atoms in total. The lowest BCUT2D eigenvalue weighted by Gasteiger charge is -2.17. The summed E-state index contributed by atoms with van der Waals surface area (Å²) in [7, 11) is 1.47. The van der Waals surface area contributed by atoms with Crippen molar-refractivity contribution in [3.05, 3.63) is 124 Å². The molecule has 0 amide bonds. The molecular weight excluding hydrogens is 481 g/mol. The Labute approximate surface area is 211 Å². The zero-order valence-corrected chi connectivity index (χ0v) is 20.4. The highest BCUT2D eigenvalue weighted by Gasteiger charge is 2.18. The van der Waals surface area contributed by atoms with Gasteiger partial charge in [-0.25, -0.2) is 4.39 Å². The maximum atomic E-state index is 15.6. The summed E-state index contributed by atoms with van der Waals surface area (Å²) in [4.78, 5) is 14.0. The van der Waals surface area contributed by atoms with Crippen LogP contribution in [0.25, 0.3) is 27.7 Å². The number of halogens is 2. The molecule has 174 valence electrons.